The first-order valence-corrected chi connectivity index (χ1v) is 8.63. The van der Waals surface area contributed by atoms with E-state index < -0.39 is 5.56 Å². The molecule has 3 rings (SSSR count). The smallest absolute Gasteiger partial charge is 0.261 e. The number of H-pyrrole nitrogens is 1. The number of nitrogens with two attached hydrogens (primary N) is 1. The summed E-state index contributed by atoms with van der Waals surface area (Å²) in [6, 6.07) is 1.47. The highest BCUT2D eigenvalue weighted by molar-refractivity contribution is 6.02. The average Bonchev–Trinajstić information content (AvgIpc) is 2.52. The van der Waals surface area contributed by atoms with Crippen LogP contribution in [0.1, 0.15) is 65.9 Å². The summed E-state index contributed by atoms with van der Waals surface area (Å²) in [7, 11) is 0. The molecule has 1 saturated heterocycles. The molecule has 1 aliphatic carbocycles. The minimum Gasteiger partial charge on any atom is -0.334 e. The van der Waals surface area contributed by atoms with Crippen LogP contribution in [0.25, 0.3) is 0 Å². The van der Waals surface area contributed by atoms with Gasteiger partial charge in [0, 0.05) is 36.8 Å². The Hall–Kier alpha value is -1.66. The van der Waals surface area contributed by atoms with E-state index in [2.05, 4.69) is 4.98 Å². The molecule has 0 saturated carbocycles. The van der Waals surface area contributed by atoms with E-state index in [0.717, 1.165) is 19.3 Å². The minimum absolute atomic E-state index is 0. The number of nitrogens with zero attached hydrogens (tertiary/aromatic N) is 1. The molecule has 7 heteroatoms. The summed E-state index contributed by atoms with van der Waals surface area (Å²) in [4.78, 5) is 42.2. The second kappa shape index (κ2) is 7.30. The largest absolute Gasteiger partial charge is 0.334 e. The van der Waals surface area contributed by atoms with Gasteiger partial charge in [0.05, 0.1) is 0 Å². The van der Waals surface area contributed by atoms with Crippen LogP contribution >= 0.6 is 12.4 Å². The zero-order chi connectivity index (χ0) is 17.5. The summed E-state index contributed by atoms with van der Waals surface area (Å²) in [5.41, 5.74) is 6.38. The molecule has 1 unspecified atom stereocenters. The van der Waals surface area contributed by atoms with Crippen LogP contribution in [0.5, 0.6) is 0 Å². The van der Waals surface area contributed by atoms with E-state index >= 15 is 0 Å². The molecule has 2 aliphatic rings. The molecule has 1 aliphatic heterocycles. The second-order valence-corrected chi connectivity index (χ2v) is 7.73. The third-order valence-electron chi connectivity index (χ3n) is 5.11. The van der Waals surface area contributed by atoms with E-state index in [1.54, 1.807) is 4.90 Å². The highest BCUT2D eigenvalue weighted by Crippen LogP contribution is 2.33. The van der Waals surface area contributed by atoms with E-state index in [4.69, 9.17) is 5.73 Å². The van der Waals surface area contributed by atoms with Crippen molar-refractivity contribution < 1.29 is 9.59 Å². The highest BCUT2D eigenvalue weighted by atomic mass is 35.5. The van der Waals surface area contributed by atoms with Gasteiger partial charge in [0.15, 0.2) is 5.78 Å². The maximum Gasteiger partial charge on any atom is 0.261 e. The van der Waals surface area contributed by atoms with Crippen LogP contribution in [0.15, 0.2) is 10.9 Å². The van der Waals surface area contributed by atoms with Gasteiger partial charge in [-0.25, -0.2) is 0 Å². The van der Waals surface area contributed by atoms with Crippen LogP contribution in [0.3, 0.4) is 0 Å². The van der Waals surface area contributed by atoms with Gasteiger partial charge in [0.2, 0.25) is 0 Å². The number of fused-ring (bicyclic) bond motifs is 1. The lowest BCUT2D eigenvalue weighted by Gasteiger charge is -2.35. The molecule has 138 valence electrons. The van der Waals surface area contributed by atoms with Crippen molar-refractivity contribution in [3.05, 3.63) is 33.2 Å². The molecule has 1 aromatic heterocycles. The van der Waals surface area contributed by atoms with Gasteiger partial charge < -0.3 is 15.6 Å². The summed E-state index contributed by atoms with van der Waals surface area (Å²) >= 11 is 0. The first kappa shape index (κ1) is 19.7. The zero-order valence-corrected chi connectivity index (χ0v) is 15.6. The van der Waals surface area contributed by atoms with Gasteiger partial charge in [-0.15, -0.1) is 12.4 Å². The van der Waals surface area contributed by atoms with Crippen molar-refractivity contribution in [2.45, 2.75) is 52.0 Å². The fourth-order valence-electron chi connectivity index (χ4n) is 3.85. The summed E-state index contributed by atoms with van der Waals surface area (Å²) < 4.78 is 0. The highest BCUT2D eigenvalue weighted by Gasteiger charge is 2.34. The van der Waals surface area contributed by atoms with Crippen molar-refractivity contribution in [3.63, 3.8) is 0 Å². The topological polar surface area (TPSA) is 96.3 Å². The van der Waals surface area contributed by atoms with E-state index in [1.165, 1.54) is 6.07 Å². The third kappa shape index (κ3) is 3.80. The van der Waals surface area contributed by atoms with Gasteiger partial charge in [0.1, 0.15) is 5.56 Å². The lowest BCUT2D eigenvalue weighted by molar-refractivity contribution is 0.0621. The number of piperidine rings is 1. The first-order chi connectivity index (χ1) is 11.3. The molecule has 0 radical (unpaired) electrons. The lowest BCUT2D eigenvalue weighted by Crippen LogP contribution is -2.48. The first-order valence-electron chi connectivity index (χ1n) is 8.63. The Bertz CT molecular complexity index is 742. The van der Waals surface area contributed by atoms with Crippen molar-refractivity contribution in [3.8, 4) is 0 Å². The van der Waals surface area contributed by atoms with Crippen LogP contribution in [0.2, 0.25) is 0 Å². The number of aromatic amines is 1. The number of aromatic nitrogens is 1. The average molecular weight is 368 g/mol. The van der Waals surface area contributed by atoms with Crippen molar-refractivity contribution in [1.29, 1.82) is 0 Å². The molecule has 2 heterocycles. The fraction of sp³-hybridized carbons (Fsp3) is 0.611. The number of carbonyl (C=O) groups is 2. The number of hydrogen-bond donors (Lipinski definition) is 2. The molecule has 1 atom stereocenters. The quantitative estimate of drug-likeness (QED) is 0.834. The maximum absolute atomic E-state index is 12.8. The minimum atomic E-state index is -0.411. The molecule has 1 amide bonds. The third-order valence-corrected chi connectivity index (χ3v) is 5.11. The number of Topliss-reactive ketones (excluding diaryl/α,β-unsaturated/α-hetero) is 1. The lowest BCUT2D eigenvalue weighted by atomic mass is 9.75. The SMILES string of the molecule is CC1(C)CC(=O)c2cc(C(=O)N3CCCCC3CN)c(=O)[nH]c2C1.Cl. The Labute approximate surface area is 153 Å². The monoisotopic (exact) mass is 367 g/mol. The number of amides is 1. The number of halogens is 1. The molecule has 25 heavy (non-hydrogen) atoms. The molecular weight excluding hydrogens is 342 g/mol. The fourth-order valence-corrected chi connectivity index (χ4v) is 3.85. The van der Waals surface area contributed by atoms with Gasteiger partial charge in [-0.05, 0) is 37.2 Å². The normalized spacial score (nSPS) is 22.1. The Morgan fingerprint density at radius 1 is 1.32 bits per heavy atom. The number of carbonyl (C=O) groups excluding carboxylic acids is 2. The zero-order valence-electron chi connectivity index (χ0n) is 14.8. The summed E-state index contributed by atoms with van der Waals surface area (Å²) in [5.74, 6) is -0.326. The number of nitrogens with one attached hydrogen (secondary N) is 1. The van der Waals surface area contributed by atoms with Crippen molar-refractivity contribution in [1.82, 2.24) is 9.88 Å². The van der Waals surface area contributed by atoms with Crippen LogP contribution in [-0.2, 0) is 6.42 Å². The molecule has 6 nitrogen and oxygen atoms in total. The number of rotatable bonds is 2. The predicted molar refractivity (Wildman–Crippen MR) is 98.5 cm³/mol. The second-order valence-electron chi connectivity index (χ2n) is 7.73. The summed E-state index contributed by atoms with van der Waals surface area (Å²) in [6.45, 7) is 5.01. The molecule has 0 bridgehead atoms. The van der Waals surface area contributed by atoms with Gasteiger partial charge in [-0.1, -0.05) is 13.8 Å². The number of likely N-dealkylation sites (tertiary alicyclic amines) is 1. The standard InChI is InChI=1S/C18H25N3O3.ClH/c1-18(2)8-14-12(15(22)9-18)7-13(16(23)20-14)17(24)21-6-4-3-5-11(21)10-19;/h7,11H,3-6,8-10,19H2,1-2H3,(H,20,23);1H. The Morgan fingerprint density at radius 2 is 2.04 bits per heavy atom. The molecule has 3 N–H and O–H groups in total. The predicted octanol–water partition coefficient (Wildman–Crippen LogP) is 1.91. The van der Waals surface area contributed by atoms with Gasteiger partial charge >= 0.3 is 0 Å². The molecule has 1 fully saturated rings. The van der Waals surface area contributed by atoms with E-state index in [-0.39, 0.29) is 41.1 Å². The van der Waals surface area contributed by atoms with Crippen molar-refractivity contribution >= 4 is 24.1 Å². The number of pyridine rings is 1. The molecular formula is C18H26ClN3O3. The maximum atomic E-state index is 12.8. The van der Waals surface area contributed by atoms with E-state index in [9.17, 15) is 14.4 Å². The van der Waals surface area contributed by atoms with Crippen molar-refractivity contribution in [2.75, 3.05) is 13.1 Å². The number of ketones is 1. The molecule has 1 aromatic rings. The summed E-state index contributed by atoms with van der Waals surface area (Å²) in [6.07, 6.45) is 3.87. The Kier molecular flexibility index (Phi) is 5.74. The van der Waals surface area contributed by atoms with E-state index in [0.29, 0.717) is 37.2 Å². The Balaban J connectivity index is 0.00000225. The molecule has 0 spiro atoms. The van der Waals surface area contributed by atoms with Crippen LogP contribution < -0.4 is 11.3 Å². The number of hydrogen-bond acceptors (Lipinski definition) is 4. The van der Waals surface area contributed by atoms with Crippen LogP contribution in [0.4, 0.5) is 0 Å². The molecule has 0 aromatic carbocycles. The Morgan fingerprint density at radius 3 is 2.72 bits per heavy atom. The van der Waals surface area contributed by atoms with Gasteiger partial charge in [0.25, 0.3) is 11.5 Å². The van der Waals surface area contributed by atoms with E-state index in [1.807, 2.05) is 13.8 Å². The van der Waals surface area contributed by atoms with Crippen LogP contribution in [0, 0.1) is 5.41 Å². The van der Waals surface area contributed by atoms with Crippen molar-refractivity contribution in [2.24, 2.45) is 11.1 Å². The van der Waals surface area contributed by atoms with Gasteiger partial charge in [-0.3, -0.25) is 14.4 Å². The summed E-state index contributed by atoms with van der Waals surface area (Å²) in [5, 5.41) is 0. The van der Waals surface area contributed by atoms with Crippen LogP contribution in [-0.4, -0.2) is 40.7 Å². The van der Waals surface area contributed by atoms with Gasteiger partial charge in [-0.2, -0.15) is 0 Å².